The summed E-state index contributed by atoms with van der Waals surface area (Å²) in [4.78, 5) is 16.3. The van der Waals surface area contributed by atoms with E-state index in [0.29, 0.717) is 0 Å². The van der Waals surface area contributed by atoms with Crippen LogP contribution in [-0.4, -0.2) is 43.2 Å². The molecular weight excluding hydrogens is 349 g/mol. The third-order valence-corrected chi connectivity index (χ3v) is 5.53. The minimum Gasteiger partial charge on any atom is -0.444 e. The van der Waals surface area contributed by atoms with Crippen molar-refractivity contribution in [3.8, 4) is 0 Å². The van der Waals surface area contributed by atoms with Gasteiger partial charge in [0.05, 0.1) is 5.75 Å². The first-order valence-corrected chi connectivity index (χ1v) is 9.26. The number of ether oxygens (including phenoxy) is 1. The number of nitrogens with zero attached hydrogens (tertiary/aromatic N) is 2. The molecule has 0 aliphatic carbocycles. The average molecular weight is 371 g/mol. The van der Waals surface area contributed by atoms with Crippen LogP contribution in [0.25, 0.3) is 0 Å². The highest BCUT2D eigenvalue weighted by Crippen LogP contribution is 2.33. The average Bonchev–Trinajstić information content (AvgIpc) is 2.42. The van der Waals surface area contributed by atoms with Crippen molar-refractivity contribution in [3.63, 3.8) is 0 Å². The number of halogens is 1. The lowest BCUT2D eigenvalue weighted by atomic mass is 9.94. The molecule has 1 aromatic rings. The number of rotatable bonds is 1. The number of sulfonamides is 1. The molecule has 25 heavy (non-hydrogen) atoms. The molecule has 1 aromatic carbocycles. The van der Waals surface area contributed by atoms with Gasteiger partial charge in [-0.25, -0.2) is 26.9 Å². The largest absolute Gasteiger partial charge is 0.444 e. The van der Waals surface area contributed by atoms with Crippen molar-refractivity contribution in [1.29, 1.82) is 0 Å². The summed E-state index contributed by atoms with van der Waals surface area (Å²) in [7, 11) is -2.54. The third-order valence-electron chi connectivity index (χ3n) is 3.60. The number of nitrogens with one attached hydrogen (secondary N) is 1. The zero-order valence-corrected chi connectivity index (χ0v) is 15.6. The SMILES string of the molecule is CN1C(NC(=O)OC(C)(C)C)=N[C@](C)(c2ccccc2F)CS1(=O)=O. The lowest BCUT2D eigenvalue weighted by Gasteiger charge is -2.36. The highest BCUT2D eigenvalue weighted by molar-refractivity contribution is 7.89. The second-order valence-electron chi connectivity index (χ2n) is 7.04. The number of benzene rings is 1. The maximum atomic E-state index is 14.2. The van der Waals surface area contributed by atoms with Gasteiger partial charge in [0.15, 0.2) is 0 Å². The van der Waals surface area contributed by atoms with Crippen molar-refractivity contribution in [2.45, 2.75) is 38.8 Å². The van der Waals surface area contributed by atoms with Crippen LogP contribution in [0, 0.1) is 5.82 Å². The molecule has 1 amide bonds. The van der Waals surface area contributed by atoms with E-state index in [1.54, 1.807) is 26.8 Å². The van der Waals surface area contributed by atoms with E-state index in [9.17, 15) is 17.6 Å². The van der Waals surface area contributed by atoms with Crippen LogP contribution in [0.3, 0.4) is 0 Å². The Morgan fingerprint density at radius 2 is 1.96 bits per heavy atom. The lowest BCUT2D eigenvalue weighted by molar-refractivity contribution is 0.0559. The summed E-state index contributed by atoms with van der Waals surface area (Å²) >= 11 is 0. The van der Waals surface area contributed by atoms with Gasteiger partial charge in [-0.1, -0.05) is 18.2 Å². The number of hydrogen-bond acceptors (Lipinski definition) is 5. The normalized spacial score (nSPS) is 23.0. The number of carbonyl (C=O) groups is 1. The number of carbonyl (C=O) groups excluding carboxylic acids is 1. The lowest BCUT2D eigenvalue weighted by Crippen LogP contribution is -2.54. The van der Waals surface area contributed by atoms with Gasteiger partial charge in [0.2, 0.25) is 16.0 Å². The number of amides is 1. The van der Waals surface area contributed by atoms with Crippen LogP contribution in [0.4, 0.5) is 9.18 Å². The number of guanidine groups is 1. The van der Waals surface area contributed by atoms with Gasteiger partial charge in [0.1, 0.15) is 17.0 Å². The zero-order chi connectivity index (χ0) is 19.0. The summed E-state index contributed by atoms with van der Waals surface area (Å²) in [6.45, 7) is 6.55. The Hall–Kier alpha value is -2.16. The van der Waals surface area contributed by atoms with Crippen LogP contribution in [0.1, 0.15) is 33.3 Å². The van der Waals surface area contributed by atoms with E-state index >= 15 is 0 Å². The fourth-order valence-electron chi connectivity index (χ4n) is 2.46. The fraction of sp³-hybridized carbons (Fsp3) is 0.500. The molecule has 0 unspecified atom stereocenters. The summed E-state index contributed by atoms with van der Waals surface area (Å²) in [6, 6.07) is 5.83. The fourth-order valence-corrected chi connectivity index (χ4v) is 3.93. The molecule has 2 rings (SSSR count). The second-order valence-corrected chi connectivity index (χ2v) is 9.04. The number of aliphatic imine (C=N–C) groups is 1. The van der Waals surface area contributed by atoms with E-state index in [-0.39, 0.29) is 11.5 Å². The topological polar surface area (TPSA) is 88.1 Å². The van der Waals surface area contributed by atoms with Gasteiger partial charge in [-0.15, -0.1) is 0 Å². The third kappa shape index (κ3) is 4.28. The molecular formula is C16H22FN3O4S. The Kier molecular flexibility index (Phi) is 4.82. The maximum absolute atomic E-state index is 14.2. The highest BCUT2D eigenvalue weighted by atomic mass is 32.2. The van der Waals surface area contributed by atoms with E-state index in [2.05, 4.69) is 10.3 Å². The molecule has 0 bridgehead atoms. The Balaban J connectivity index is 2.45. The molecule has 1 aliphatic heterocycles. The minimum atomic E-state index is -3.81. The van der Waals surface area contributed by atoms with Gasteiger partial charge in [0.25, 0.3) is 0 Å². The summed E-state index contributed by atoms with van der Waals surface area (Å²) in [5, 5.41) is 2.34. The van der Waals surface area contributed by atoms with Crippen molar-refractivity contribution in [1.82, 2.24) is 9.62 Å². The standard InChI is InChI=1S/C16H22FN3O4S/c1-15(2,3)24-14(21)18-13-19-16(4,10-25(22,23)20(13)5)11-8-6-7-9-12(11)17/h6-9H,10H2,1-5H3,(H,18,19,21)/t16-/m0/s1. The van der Waals surface area contributed by atoms with E-state index in [0.717, 1.165) is 4.31 Å². The molecule has 0 spiro atoms. The van der Waals surface area contributed by atoms with Gasteiger partial charge in [-0.3, -0.25) is 5.32 Å². The van der Waals surface area contributed by atoms with Gasteiger partial charge in [-0.2, -0.15) is 0 Å². The molecule has 9 heteroatoms. The van der Waals surface area contributed by atoms with Crippen LogP contribution in [0.5, 0.6) is 0 Å². The summed E-state index contributed by atoms with van der Waals surface area (Å²) < 4.78 is 45.2. The van der Waals surface area contributed by atoms with Crippen molar-refractivity contribution in [2.75, 3.05) is 12.8 Å². The van der Waals surface area contributed by atoms with Crippen molar-refractivity contribution < 1.29 is 22.3 Å². The molecule has 0 saturated heterocycles. The van der Waals surface area contributed by atoms with Gasteiger partial charge in [-0.05, 0) is 33.8 Å². The molecule has 1 N–H and O–H groups in total. The van der Waals surface area contributed by atoms with Gasteiger partial charge >= 0.3 is 6.09 Å². The monoisotopic (exact) mass is 371 g/mol. The van der Waals surface area contributed by atoms with Crippen molar-refractivity contribution in [2.24, 2.45) is 4.99 Å². The summed E-state index contributed by atoms with van der Waals surface area (Å²) in [5.74, 6) is -1.20. The Labute approximate surface area is 146 Å². The van der Waals surface area contributed by atoms with Gasteiger partial charge in [0, 0.05) is 12.6 Å². The van der Waals surface area contributed by atoms with E-state index in [4.69, 9.17) is 4.74 Å². The van der Waals surface area contributed by atoms with E-state index < -0.39 is 38.8 Å². The first kappa shape index (κ1) is 19.2. The van der Waals surface area contributed by atoms with Crippen LogP contribution < -0.4 is 5.32 Å². The first-order valence-electron chi connectivity index (χ1n) is 7.65. The smallest absolute Gasteiger partial charge is 0.414 e. The van der Waals surface area contributed by atoms with Crippen LogP contribution in [-0.2, 0) is 20.3 Å². The van der Waals surface area contributed by atoms with Crippen LogP contribution in [0.2, 0.25) is 0 Å². The second kappa shape index (κ2) is 6.29. The molecule has 1 atom stereocenters. The molecule has 7 nitrogen and oxygen atoms in total. The predicted octanol–water partition coefficient (Wildman–Crippen LogP) is 2.20. The molecule has 1 heterocycles. The maximum Gasteiger partial charge on any atom is 0.414 e. The Bertz CT molecular complexity index is 817. The van der Waals surface area contributed by atoms with Crippen molar-refractivity contribution in [3.05, 3.63) is 35.6 Å². The molecule has 0 aromatic heterocycles. The van der Waals surface area contributed by atoms with Crippen LogP contribution in [0.15, 0.2) is 29.3 Å². The van der Waals surface area contributed by atoms with E-state index in [1.807, 2.05) is 0 Å². The minimum absolute atomic E-state index is 0.134. The summed E-state index contributed by atoms with van der Waals surface area (Å²) in [6.07, 6.45) is -0.842. The Morgan fingerprint density at radius 1 is 1.36 bits per heavy atom. The predicted molar refractivity (Wildman–Crippen MR) is 92.1 cm³/mol. The number of hydrogen-bond donors (Lipinski definition) is 1. The van der Waals surface area contributed by atoms with E-state index in [1.165, 1.54) is 32.2 Å². The Morgan fingerprint density at radius 3 is 2.52 bits per heavy atom. The molecule has 0 radical (unpaired) electrons. The van der Waals surface area contributed by atoms with Gasteiger partial charge < -0.3 is 4.74 Å². The molecule has 0 fully saturated rings. The van der Waals surface area contributed by atoms with Crippen LogP contribution >= 0.6 is 0 Å². The highest BCUT2D eigenvalue weighted by Gasteiger charge is 2.42. The summed E-state index contributed by atoms with van der Waals surface area (Å²) in [5.41, 5.74) is -2.00. The molecule has 1 aliphatic rings. The number of alkyl carbamates (subject to hydrolysis) is 1. The molecule has 0 saturated carbocycles. The first-order chi connectivity index (χ1) is 11.3. The zero-order valence-electron chi connectivity index (χ0n) is 14.8. The molecule has 138 valence electrons. The quantitative estimate of drug-likeness (QED) is 0.820. The van der Waals surface area contributed by atoms with Crippen molar-refractivity contribution >= 4 is 22.1 Å².